The molecule has 0 spiro atoms. The Labute approximate surface area is 76.3 Å². The predicted octanol–water partition coefficient (Wildman–Crippen LogP) is 0.297. The van der Waals surface area contributed by atoms with E-state index in [2.05, 4.69) is 0 Å². The predicted molar refractivity (Wildman–Crippen MR) is 48.3 cm³/mol. The normalized spacial score (nSPS) is 11.2. The Balaban J connectivity index is -0.000000405. The fraction of sp³-hybridized carbons (Fsp3) is 0. The second kappa shape index (κ2) is 5.98. The molecule has 12 heavy (non-hydrogen) atoms. The van der Waals surface area contributed by atoms with E-state index in [4.69, 9.17) is 9.11 Å². The van der Waals surface area contributed by atoms with Crippen molar-refractivity contribution in [1.82, 2.24) is 12.3 Å². The molecule has 0 fully saturated rings. The molecule has 0 atom stereocenters. The SMILES string of the molecule is N.N.O=S(=O)(O)SSS(=O)(=O)O. The second-order valence-corrected chi connectivity index (χ2v) is 8.77. The molecular weight excluding hydrogens is 252 g/mol. The van der Waals surface area contributed by atoms with Gasteiger partial charge in [0.15, 0.2) is 0 Å². The van der Waals surface area contributed by atoms with Crippen LogP contribution in [0.2, 0.25) is 0 Å². The molecule has 0 saturated heterocycles. The van der Waals surface area contributed by atoms with Crippen LogP contribution < -0.4 is 12.3 Å². The van der Waals surface area contributed by atoms with Gasteiger partial charge in [0.2, 0.25) is 0 Å². The molecule has 0 aliphatic heterocycles. The number of hydrogen-bond acceptors (Lipinski definition) is 8. The first-order chi connectivity index (χ1) is 4.21. The summed E-state index contributed by atoms with van der Waals surface area (Å²) in [6.07, 6.45) is 0. The van der Waals surface area contributed by atoms with E-state index in [0.717, 1.165) is 0 Å². The molecule has 0 heterocycles. The lowest BCUT2D eigenvalue weighted by Crippen LogP contribution is -1.90. The van der Waals surface area contributed by atoms with Crippen LogP contribution in [0.25, 0.3) is 0 Å². The standard InChI is InChI=1S/2H3N.H2O6S4/c;;1-9(2,3)7-8-10(4,5)6/h2*1H3;(H,1,2,3)(H,4,5,6). The lowest BCUT2D eigenvalue weighted by atomic mass is 14.0. The molecule has 0 aromatic rings. The first kappa shape index (κ1) is 18.3. The summed E-state index contributed by atoms with van der Waals surface area (Å²) < 4.78 is 55.0. The van der Waals surface area contributed by atoms with E-state index in [-0.39, 0.29) is 32.0 Å². The van der Waals surface area contributed by atoms with E-state index in [1.54, 1.807) is 0 Å². The van der Waals surface area contributed by atoms with Crippen LogP contribution in [0.1, 0.15) is 0 Å². The molecule has 12 heteroatoms. The van der Waals surface area contributed by atoms with Crippen molar-refractivity contribution in [2.45, 2.75) is 0 Å². The van der Waals surface area contributed by atoms with Crippen LogP contribution >= 0.6 is 19.7 Å². The van der Waals surface area contributed by atoms with Gasteiger partial charge in [0.05, 0.1) is 19.7 Å². The van der Waals surface area contributed by atoms with Crippen molar-refractivity contribution in [2.24, 2.45) is 0 Å². The summed E-state index contributed by atoms with van der Waals surface area (Å²) in [5.41, 5.74) is 0. The monoisotopic (exact) mass is 260 g/mol. The summed E-state index contributed by atoms with van der Waals surface area (Å²) in [6.45, 7) is 0. The average molecular weight is 260 g/mol. The van der Waals surface area contributed by atoms with Crippen molar-refractivity contribution >= 4 is 38.0 Å². The zero-order valence-electron chi connectivity index (χ0n) is 5.57. The smallest absolute Gasteiger partial charge is 0.330 e. The van der Waals surface area contributed by atoms with Gasteiger partial charge in [-0.15, -0.1) is 0 Å². The zero-order valence-corrected chi connectivity index (χ0v) is 8.84. The molecule has 0 bridgehead atoms. The Bertz CT molecular complexity index is 254. The van der Waals surface area contributed by atoms with Crippen molar-refractivity contribution in [2.75, 3.05) is 0 Å². The Kier molecular flexibility index (Phi) is 9.10. The van der Waals surface area contributed by atoms with E-state index in [1.807, 2.05) is 0 Å². The first-order valence-electron chi connectivity index (χ1n) is 1.53. The van der Waals surface area contributed by atoms with Crippen molar-refractivity contribution in [3.05, 3.63) is 0 Å². The molecule has 0 aromatic heterocycles. The van der Waals surface area contributed by atoms with Gasteiger partial charge in [-0.2, -0.15) is 16.8 Å². The molecule has 0 aliphatic rings. The number of rotatable bonds is 3. The van der Waals surface area contributed by atoms with Crippen LogP contribution in [0.5, 0.6) is 0 Å². The minimum Gasteiger partial charge on any atom is -0.344 e. The van der Waals surface area contributed by atoms with Crippen LogP contribution in [0, 0.1) is 0 Å². The Morgan fingerprint density at radius 3 is 1.00 bits per heavy atom. The minimum atomic E-state index is -4.42. The minimum absolute atomic E-state index is 0. The maximum absolute atomic E-state index is 9.80. The van der Waals surface area contributed by atoms with E-state index in [1.165, 1.54) is 0 Å². The lowest BCUT2D eigenvalue weighted by Gasteiger charge is -1.89. The molecule has 8 nitrogen and oxygen atoms in total. The molecular formula is H8N2O6S4. The molecule has 0 amide bonds. The molecule has 0 aromatic carbocycles. The molecule has 0 saturated carbocycles. The molecule has 0 radical (unpaired) electrons. The highest BCUT2D eigenvalue weighted by Gasteiger charge is 2.14. The molecule has 0 unspecified atom stereocenters. The van der Waals surface area contributed by atoms with Crippen molar-refractivity contribution in [3.8, 4) is 0 Å². The molecule has 8 N–H and O–H groups in total. The summed E-state index contributed by atoms with van der Waals surface area (Å²) in [5.74, 6) is 0. The quantitative estimate of drug-likeness (QED) is 0.407. The van der Waals surface area contributed by atoms with Crippen LogP contribution in [0.15, 0.2) is 0 Å². The van der Waals surface area contributed by atoms with Gasteiger partial charge >= 0.3 is 18.3 Å². The highest BCUT2D eigenvalue weighted by molar-refractivity contribution is 9.21. The second-order valence-electron chi connectivity index (χ2n) is 0.992. The first-order valence-corrected chi connectivity index (χ1v) is 7.60. The van der Waals surface area contributed by atoms with Gasteiger partial charge < -0.3 is 12.3 Å². The summed E-state index contributed by atoms with van der Waals surface area (Å²) in [5, 5.41) is 0. The van der Waals surface area contributed by atoms with Gasteiger partial charge in [-0.25, -0.2) is 0 Å². The highest BCUT2D eigenvalue weighted by atomic mass is 33.7. The fourth-order valence-electron chi connectivity index (χ4n) is 0.0702. The van der Waals surface area contributed by atoms with Crippen LogP contribution in [0.3, 0.4) is 0 Å². The third-order valence-electron chi connectivity index (χ3n) is 0.200. The largest absolute Gasteiger partial charge is 0.344 e. The summed E-state index contributed by atoms with van der Waals surface area (Å²) in [4.78, 5) is 0. The summed E-state index contributed by atoms with van der Waals surface area (Å²) >= 11 is 0. The van der Waals surface area contributed by atoms with Gasteiger partial charge in [-0.1, -0.05) is 0 Å². The average Bonchev–Trinajstić information content (AvgIpc) is 1.57. The van der Waals surface area contributed by atoms with E-state index >= 15 is 0 Å². The Morgan fingerprint density at radius 1 is 0.750 bits per heavy atom. The number of hydrogen-bond donors (Lipinski definition) is 4. The van der Waals surface area contributed by atoms with E-state index < -0.39 is 18.3 Å². The highest BCUT2D eigenvalue weighted by Crippen LogP contribution is 2.30. The van der Waals surface area contributed by atoms with Crippen LogP contribution in [-0.4, -0.2) is 25.9 Å². The molecule has 0 rings (SSSR count). The topological polar surface area (TPSA) is 179 Å². The van der Waals surface area contributed by atoms with Crippen molar-refractivity contribution in [1.29, 1.82) is 0 Å². The molecule has 78 valence electrons. The third kappa shape index (κ3) is 16.8. The van der Waals surface area contributed by atoms with Gasteiger partial charge in [-0.05, 0) is 0 Å². The fourth-order valence-corrected chi connectivity index (χ4v) is 5.69. The summed E-state index contributed by atoms with van der Waals surface area (Å²) in [7, 11) is -9.54. The van der Waals surface area contributed by atoms with Gasteiger partial charge in [-0.3, -0.25) is 9.11 Å². The third-order valence-corrected chi connectivity index (χ3v) is 6.89. The van der Waals surface area contributed by atoms with Crippen molar-refractivity contribution in [3.63, 3.8) is 0 Å². The van der Waals surface area contributed by atoms with E-state index in [9.17, 15) is 16.8 Å². The summed E-state index contributed by atoms with van der Waals surface area (Å²) in [6, 6.07) is 0. The zero-order chi connectivity index (χ0) is 8.41. The van der Waals surface area contributed by atoms with Crippen molar-refractivity contribution < 1.29 is 25.9 Å². The maximum Gasteiger partial charge on any atom is 0.330 e. The lowest BCUT2D eigenvalue weighted by molar-refractivity contribution is 0.500. The van der Waals surface area contributed by atoms with Gasteiger partial charge in [0.25, 0.3) is 0 Å². The van der Waals surface area contributed by atoms with Gasteiger partial charge in [0.1, 0.15) is 0 Å². The van der Waals surface area contributed by atoms with Gasteiger partial charge in [0, 0.05) is 0 Å². The van der Waals surface area contributed by atoms with Crippen LogP contribution in [0.4, 0.5) is 0 Å². The Hall–Kier alpha value is 0.440. The maximum atomic E-state index is 9.80. The molecule has 0 aliphatic carbocycles. The van der Waals surface area contributed by atoms with Crippen LogP contribution in [-0.2, 0) is 18.3 Å². The van der Waals surface area contributed by atoms with E-state index in [0.29, 0.717) is 0 Å². The Morgan fingerprint density at radius 2 is 0.917 bits per heavy atom.